The highest BCUT2D eigenvalue weighted by molar-refractivity contribution is 5.72. The summed E-state index contributed by atoms with van der Waals surface area (Å²) in [5.74, 6) is -1.54. The van der Waals surface area contributed by atoms with Crippen molar-refractivity contribution < 1.29 is 38.2 Å². The number of esters is 2. The first-order valence-corrected chi connectivity index (χ1v) is 27.1. The van der Waals surface area contributed by atoms with E-state index < -0.39 is 18.1 Å². The number of allylic oxidation sites excluding steroid dienone is 14. The number of hydrogen-bond donors (Lipinski definition) is 1. The fraction of sp³-hybridized carbons (Fsp3) is 0.712. The fourth-order valence-electron chi connectivity index (χ4n) is 7.67. The van der Waals surface area contributed by atoms with Gasteiger partial charge < -0.3 is 23.8 Å². The second kappa shape index (κ2) is 48.9. The van der Waals surface area contributed by atoms with E-state index in [9.17, 15) is 19.5 Å². The number of carboxylic acid groups (broad SMARTS) is 1. The van der Waals surface area contributed by atoms with Crippen LogP contribution in [0, 0.1) is 0 Å². The highest BCUT2D eigenvalue weighted by Gasteiger charge is 2.31. The second-order valence-corrected chi connectivity index (χ2v) is 19.1. The minimum atomic E-state index is -0.885. The van der Waals surface area contributed by atoms with E-state index in [1.165, 1.54) is 109 Å². The minimum Gasteiger partial charge on any atom is -0.477 e. The number of rotatable bonds is 48. The predicted octanol–water partition coefficient (Wildman–Crippen LogP) is 16.0. The van der Waals surface area contributed by atoms with Gasteiger partial charge in [-0.25, -0.2) is 4.79 Å². The fourth-order valence-corrected chi connectivity index (χ4v) is 7.67. The van der Waals surface area contributed by atoms with E-state index in [0.717, 1.165) is 70.6 Å². The van der Waals surface area contributed by atoms with Gasteiger partial charge in [0.15, 0.2) is 12.1 Å². The average molecular weight is 937 g/mol. The number of hydrogen-bond acceptors (Lipinski definition) is 6. The van der Waals surface area contributed by atoms with E-state index in [4.69, 9.17) is 14.2 Å². The number of quaternary nitrogens is 1. The van der Waals surface area contributed by atoms with Crippen LogP contribution < -0.4 is 0 Å². The van der Waals surface area contributed by atoms with Crippen molar-refractivity contribution in [3.8, 4) is 0 Å². The molecule has 0 bridgehead atoms. The maximum Gasteiger partial charge on any atom is 0.362 e. The number of likely N-dealkylation sites (N-methyl/N-ethyl adjacent to an activating group) is 1. The van der Waals surface area contributed by atoms with Gasteiger partial charge in [-0.1, -0.05) is 221 Å². The highest BCUT2D eigenvalue weighted by Crippen LogP contribution is 2.16. The number of unbranched alkanes of at least 4 members (excludes halogenated alkanes) is 20. The van der Waals surface area contributed by atoms with E-state index >= 15 is 0 Å². The lowest BCUT2D eigenvalue weighted by Gasteiger charge is -2.31. The van der Waals surface area contributed by atoms with Crippen molar-refractivity contribution in [3.05, 3.63) is 85.1 Å². The van der Waals surface area contributed by atoms with E-state index in [0.29, 0.717) is 19.3 Å². The van der Waals surface area contributed by atoms with Gasteiger partial charge in [-0.05, 0) is 64.2 Å². The summed E-state index contributed by atoms with van der Waals surface area (Å²) in [6.07, 6.45) is 65.1. The molecule has 0 aliphatic rings. The maximum absolute atomic E-state index is 12.8. The molecule has 8 nitrogen and oxygen atoms in total. The summed E-state index contributed by atoms with van der Waals surface area (Å²) in [6.45, 7) is 4.58. The third-order valence-electron chi connectivity index (χ3n) is 11.8. The minimum absolute atomic E-state index is 0.0354. The highest BCUT2D eigenvalue weighted by atomic mass is 16.6. The lowest BCUT2D eigenvalue weighted by molar-refractivity contribution is -0.887. The van der Waals surface area contributed by atoms with E-state index in [2.05, 4.69) is 98.9 Å². The lowest BCUT2D eigenvalue weighted by atomic mass is 10.0. The smallest absolute Gasteiger partial charge is 0.362 e. The van der Waals surface area contributed by atoms with Crippen LogP contribution in [0.25, 0.3) is 0 Å². The maximum atomic E-state index is 12.8. The summed E-state index contributed by atoms with van der Waals surface area (Å²) in [4.78, 5) is 37.2. The number of carboxylic acids is 1. The molecule has 2 atom stereocenters. The summed E-state index contributed by atoms with van der Waals surface area (Å²) < 4.78 is 17.3. The normalized spacial score (nSPS) is 13.5. The van der Waals surface area contributed by atoms with E-state index in [1.807, 2.05) is 21.1 Å². The molecule has 0 aliphatic heterocycles. The van der Waals surface area contributed by atoms with Crippen LogP contribution in [-0.4, -0.2) is 80.6 Å². The van der Waals surface area contributed by atoms with Crippen molar-refractivity contribution in [2.24, 2.45) is 0 Å². The first kappa shape index (κ1) is 63.5. The molecular weight excluding hydrogens is 835 g/mol. The second-order valence-electron chi connectivity index (χ2n) is 19.1. The van der Waals surface area contributed by atoms with Crippen molar-refractivity contribution in [1.29, 1.82) is 0 Å². The van der Waals surface area contributed by atoms with Crippen molar-refractivity contribution in [2.45, 2.75) is 231 Å². The summed E-state index contributed by atoms with van der Waals surface area (Å²) in [7, 11) is 5.51. The van der Waals surface area contributed by atoms with Crippen LogP contribution in [-0.2, 0) is 28.6 Å². The number of ether oxygens (including phenoxy) is 3. The molecule has 0 amide bonds. The lowest BCUT2D eigenvalue weighted by Crippen LogP contribution is -2.50. The van der Waals surface area contributed by atoms with Gasteiger partial charge in [-0.15, -0.1) is 0 Å². The Morgan fingerprint density at radius 3 is 1.22 bits per heavy atom. The van der Waals surface area contributed by atoms with Gasteiger partial charge in [0.2, 0.25) is 0 Å². The Balaban J connectivity index is 4.32. The van der Waals surface area contributed by atoms with Gasteiger partial charge in [-0.3, -0.25) is 9.59 Å². The first-order chi connectivity index (χ1) is 32.6. The van der Waals surface area contributed by atoms with Gasteiger partial charge >= 0.3 is 17.9 Å². The van der Waals surface area contributed by atoms with Crippen LogP contribution in [0.2, 0.25) is 0 Å². The first-order valence-electron chi connectivity index (χ1n) is 27.1. The predicted molar refractivity (Wildman–Crippen MR) is 284 cm³/mol. The molecule has 2 unspecified atom stereocenters. The third-order valence-corrected chi connectivity index (χ3v) is 11.8. The van der Waals surface area contributed by atoms with Crippen LogP contribution in [0.5, 0.6) is 0 Å². The Bertz CT molecular complexity index is 1370. The van der Waals surface area contributed by atoms with Gasteiger partial charge in [0.1, 0.15) is 6.61 Å². The number of aliphatic carboxylic acids is 1. The molecule has 0 rings (SSSR count). The van der Waals surface area contributed by atoms with Crippen molar-refractivity contribution in [3.63, 3.8) is 0 Å². The number of carbonyl (C=O) groups is 3. The van der Waals surface area contributed by atoms with Crippen LogP contribution in [0.1, 0.15) is 219 Å². The Morgan fingerprint density at radius 1 is 0.463 bits per heavy atom. The van der Waals surface area contributed by atoms with Crippen LogP contribution >= 0.6 is 0 Å². The zero-order valence-corrected chi connectivity index (χ0v) is 43.8. The molecule has 0 aromatic heterocycles. The van der Waals surface area contributed by atoms with Crippen molar-refractivity contribution >= 4 is 17.9 Å². The summed E-state index contributed by atoms with van der Waals surface area (Å²) in [5.41, 5.74) is 0. The van der Waals surface area contributed by atoms with Gasteiger partial charge in [0.05, 0.1) is 34.4 Å². The zero-order chi connectivity index (χ0) is 49.2. The molecule has 0 saturated carbocycles. The Hall–Kier alpha value is -3.49. The van der Waals surface area contributed by atoms with E-state index in [-0.39, 0.29) is 42.7 Å². The standard InChI is InChI=1S/C59H101NO7/c1-6-8-10-12-14-16-18-20-22-24-26-28-29-30-32-34-36-38-40-42-44-46-48-50-58(62)67-55(53-65-52-51-56(59(63)64)60(3,4)5)54-66-57(61)49-47-45-43-41-39-37-35-33-31-27-25-23-21-19-17-15-13-11-9-7-2/h8,10,14,16,20,22,26,28,30,32,36,38,42,44,55-56H,6-7,9,11-13,15,17-19,21,23-25,27,29,31,33-35,37,39-41,43,45-54H2,1-5H3/p+1. The molecule has 8 heteroatoms. The Morgan fingerprint density at radius 2 is 0.836 bits per heavy atom. The van der Waals surface area contributed by atoms with E-state index in [1.54, 1.807) is 0 Å². The molecule has 0 fully saturated rings. The average Bonchev–Trinajstić information content (AvgIpc) is 3.29. The Labute approximate surface area is 412 Å². The van der Waals surface area contributed by atoms with Gasteiger partial charge in [0.25, 0.3) is 0 Å². The molecule has 0 aliphatic carbocycles. The topological polar surface area (TPSA) is 99.1 Å². The van der Waals surface area contributed by atoms with Crippen LogP contribution in [0.15, 0.2) is 85.1 Å². The molecule has 67 heavy (non-hydrogen) atoms. The summed E-state index contributed by atoms with van der Waals surface area (Å²) >= 11 is 0. The third kappa shape index (κ3) is 47.4. The number of carbonyl (C=O) groups excluding carboxylic acids is 2. The molecule has 0 radical (unpaired) electrons. The molecule has 0 aromatic rings. The summed E-state index contributed by atoms with van der Waals surface area (Å²) in [5, 5.41) is 9.66. The van der Waals surface area contributed by atoms with Crippen LogP contribution in [0.4, 0.5) is 0 Å². The molecule has 1 N–H and O–H groups in total. The number of nitrogens with zero attached hydrogens (tertiary/aromatic N) is 1. The van der Waals surface area contributed by atoms with Gasteiger partial charge in [-0.2, -0.15) is 0 Å². The summed E-state index contributed by atoms with van der Waals surface area (Å²) in [6, 6.07) is -0.629. The largest absolute Gasteiger partial charge is 0.477 e. The quantitative estimate of drug-likeness (QED) is 0.0281. The van der Waals surface area contributed by atoms with Crippen molar-refractivity contribution in [2.75, 3.05) is 41.0 Å². The molecule has 384 valence electrons. The van der Waals surface area contributed by atoms with Gasteiger partial charge in [0, 0.05) is 19.3 Å². The van der Waals surface area contributed by atoms with Crippen molar-refractivity contribution in [1.82, 2.24) is 0 Å². The molecular formula is C59H102NO7+. The monoisotopic (exact) mass is 937 g/mol. The molecule has 0 saturated heterocycles. The molecule has 0 aromatic carbocycles. The SMILES string of the molecule is CCC=CCC=CCC=CCC=CCC=CCC=CCC=CCCCC(=O)OC(COCCC(C(=O)O)[N+](C)(C)C)COC(=O)CCCCCCCCCCCCCCCCCCCCCC. The molecule has 0 spiro atoms. The van der Waals surface area contributed by atoms with Crippen LogP contribution in [0.3, 0.4) is 0 Å². The zero-order valence-electron chi connectivity index (χ0n) is 43.8. The Kier molecular flexibility index (Phi) is 46.4. The molecule has 0 heterocycles.